The van der Waals surface area contributed by atoms with E-state index in [4.69, 9.17) is 0 Å². The maximum atomic E-state index is 11.6. The Hall–Kier alpha value is -0.570. The largest absolute Gasteiger partial charge is 0.340 e. The van der Waals surface area contributed by atoms with Crippen molar-refractivity contribution in [1.29, 1.82) is 0 Å². The normalized spacial score (nSPS) is 24.3. The number of carbonyl (C=O) groups is 1. The lowest BCUT2D eigenvalue weighted by Crippen LogP contribution is -2.59. The number of hydrogen-bond acceptors (Lipinski definition) is 2. The van der Waals surface area contributed by atoms with Crippen LogP contribution in [0.15, 0.2) is 0 Å². The first-order chi connectivity index (χ1) is 6.86. The van der Waals surface area contributed by atoms with E-state index >= 15 is 0 Å². The van der Waals surface area contributed by atoms with Crippen LogP contribution in [0.2, 0.25) is 0 Å². The fourth-order valence-electron chi connectivity index (χ4n) is 2.40. The van der Waals surface area contributed by atoms with Crippen molar-refractivity contribution in [1.82, 2.24) is 9.80 Å². The first kappa shape index (κ1) is 12.5. The molecule has 1 aliphatic rings. The Labute approximate surface area is 93.4 Å². The first-order valence-electron chi connectivity index (χ1n) is 5.90. The molecular weight excluding hydrogens is 188 g/mol. The molecule has 15 heavy (non-hydrogen) atoms. The van der Waals surface area contributed by atoms with Crippen LogP contribution in [0.4, 0.5) is 0 Å². The number of hydrogen-bond donors (Lipinski definition) is 0. The van der Waals surface area contributed by atoms with Gasteiger partial charge in [0.1, 0.15) is 0 Å². The number of piperazine rings is 1. The molecular formula is C12H24N2O. The quantitative estimate of drug-likeness (QED) is 0.661. The summed E-state index contributed by atoms with van der Waals surface area (Å²) in [5.41, 5.74) is 0.209. The molecule has 0 N–H and O–H groups in total. The first-order valence-corrected chi connectivity index (χ1v) is 5.90. The molecule has 1 unspecified atom stereocenters. The molecule has 1 atom stereocenters. The molecule has 1 heterocycles. The second kappa shape index (κ2) is 4.52. The van der Waals surface area contributed by atoms with E-state index in [1.54, 1.807) is 0 Å². The van der Waals surface area contributed by atoms with E-state index in [1.807, 2.05) is 11.8 Å². The Bertz CT molecular complexity index is 232. The van der Waals surface area contributed by atoms with Crippen LogP contribution < -0.4 is 0 Å². The van der Waals surface area contributed by atoms with Gasteiger partial charge in [-0.1, -0.05) is 6.92 Å². The molecule has 1 rings (SSSR count). The molecule has 1 saturated heterocycles. The smallest absolute Gasteiger partial charge is 0.222 e. The molecule has 88 valence electrons. The molecule has 0 aromatic rings. The minimum atomic E-state index is 0.209. The summed E-state index contributed by atoms with van der Waals surface area (Å²) in [7, 11) is 0. The summed E-state index contributed by atoms with van der Waals surface area (Å²) in [4.78, 5) is 16.0. The Morgan fingerprint density at radius 2 is 1.93 bits per heavy atom. The van der Waals surface area contributed by atoms with Gasteiger partial charge in [0.15, 0.2) is 0 Å². The third-order valence-electron chi connectivity index (χ3n) is 3.14. The Kier molecular flexibility index (Phi) is 3.77. The average molecular weight is 212 g/mol. The zero-order valence-electron chi connectivity index (χ0n) is 10.7. The molecule has 1 fully saturated rings. The van der Waals surface area contributed by atoms with Gasteiger partial charge in [-0.05, 0) is 27.7 Å². The van der Waals surface area contributed by atoms with Crippen molar-refractivity contribution in [2.45, 2.75) is 52.6 Å². The molecule has 3 heteroatoms. The van der Waals surface area contributed by atoms with Gasteiger partial charge in [0.05, 0.1) is 0 Å². The van der Waals surface area contributed by atoms with Crippen molar-refractivity contribution < 1.29 is 4.79 Å². The topological polar surface area (TPSA) is 23.6 Å². The van der Waals surface area contributed by atoms with Crippen molar-refractivity contribution in [3.8, 4) is 0 Å². The number of amides is 1. The van der Waals surface area contributed by atoms with Gasteiger partial charge >= 0.3 is 0 Å². The lowest BCUT2D eigenvalue weighted by Gasteiger charge is -2.46. The molecule has 3 nitrogen and oxygen atoms in total. The van der Waals surface area contributed by atoms with E-state index in [2.05, 4.69) is 32.6 Å². The predicted octanol–water partition coefficient (Wildman–Crippen LogP) is 1.73. The predicted molar refractivity (Wildman–Crippen MR) is 62.8 cm³/mol. The molecule has 0 radical (unpaired) electrons. The summed E-state index contributed by atoms with van der Waals surface area (Å²) in [5.74, 6) is 0.287. The highest BCUT2D eigenvalue weighted by Gasteiger charge is 2.32. The van der Waals surface area contributed by atoms with E-state index in [0.717, 1.165) is 19.6 Å². The SMILES string of the molecule is CCC(=O)N1CCN(C(C)(C)C)C(C)C1. The minimum absolute atomic E-state index is 0.209. The second-order valence-electron chi connectivity index (χ2n) is 5.41. The van der Waals surface area contributed by atoms with Gasteiger partial charge in [-0.2, -0.15) is 0 Å². The molecule has 0 aliphatic carbocycles. The standard InChI is InChI=1S/C12H24N2O/c1-6-11(15)13-7-8-14(10(2)9-13)12(3,4)5/h10H,6-9H2,1-5H3. The van der Waals surface area contributed by atoms with Crippen molar-refractivity contribution >= 4 is 5.91 Å². The maximum absolute atomic E-state index is 11.6. The molecule has 1 amide bonds. The summed E-state index contributed by atoms with van der Waals surface area (Å²) in [6, 6.07) is 0.467. The third-order valence-corrected chi connectivity index (χ3v) is 3.14. The molecule has 0 saturated carbocycles. The Morgan fingerprint density at radius 1 is 1.33 bits per heavy atom. The summed E-state index contributed by atoms with van der Waals surface area (Å²) in [5, 5.41) is 0. The van der Waals surface area contributed by atoms with Gasteiger partial charge in [0.25, 0.3) is 0 Å². The van der Waals surface area contributed by atoms with Crippen LogP contribution in [0.1, 0.15) is 41.0 Å². The van der Waals surface area contributed by atoms with Crippen LogP contribution in [0.25, 0.3) is 0 Å². The fourth-order valence-corrected chi connectivity index (χ4v) is 2.40. The molecule has 0 spiro atoms. The van der Waals surface area contributed by atoms with Crippen LogP contribution in [0, 0.1) is 0 Å². The number of carbonyl (C=O) groups excluding carboxylic acids is 1. The van der Waals surface area contributed by atoms with Crippen molar-refractivity contribution in [2.75, 3.05) is 19.6 Å². The monoisotopic (exact) mass is 212 g/mol. The van der Waals surface area contributed by atoms with E-state index in [-0.39, 0.29) is 11.4 Å². The van der Waals surface area contributed by atoms with Gasteiger partial charge in [-0.25, -0.2) is 0 Å². The fraction of sp³-hybridized carbons (Fsp3) is 0.917. The van der Waals surface area contributed by atoms with Gasteiger partial charge < -0.3 is 4.90 Å². The highest BCUT2D eigenvalue weighted by molar-refractivity contribution is 5.75. The number of nitrogens with zero attached hydrogens (tertiary/aromatic N) is 2. The van der Waals surface area contributed by atoms with E-state index in [9.17, 15) is 4.79 Å². The van der Waals surface area contributed by atoms with Gasteiger partial charge in [-0.3, -0.25) is 9.69 Å². The lowest BCUT2D eigenvalue weighted by atomic mass is 10.0. The zero-order valence-corrected chi connectivity index (χ0v) is 10.7. The second-order valence-corrected chi connectivity index (χ2v) is 5.41. The molecule has 0 aromatic heterocycles. The van der Waals surface area contributed by atoms with Crippen LogP contribution in [-0.4, -0.2) is 46.9 Å². The van der Waals surface area contributed by atoms with Gasteiger partial charge in [0, 0.05) is 37.6 Å². The molecule has 0 aromatic carbocycles. The van der Waals surface area contributed by atoms with Crippen LogP contribution >= 0.6 is 0 Å². The molecule has 0 bridgehead atoms. The van der Waals surface area contributed by atoms with E-state index in [1.165, 1.54) is 0 Å². The maximum Gasteiger partial charge on any atom is 0.222 e. The summed E-state index contributed by atoms with van der Waals surface area (Å²) in [6.45, 7) is 13.6. The number of rotatable bonds is 1. The summed E-state index contributed by atoms with van der Waals surface area (Å²) in [6.07, 6.45) is 0.627. The molecule has 1 aliphatic heterocycles. The van der Waals surface area contributed by atoms with Crippen LogP contribution in [0.5, 0.6) is 0 Å². The van der Waals surface area contributed by atoms with E-state index in [0.29, 0.717) is 12.5 Å². The zero-order chi connectivity index (χ0) is 11.6. The van der Waals surface area contributed by atoms with Crippen LogP contribution in [-0.2, 0) is 4.79 Å². The lowest BCUT2D eigenvalue weighted by molar-refractivity contribution is -0.135. The third kappa shape index (κ3) is 2.94. The van der Waals surface area contributed by atoms with Gasteiger partial charge in [-0.15, -0.1) is 0 Å². The van der Waals surface area contributed by atoms with Crippen molar-refractivity contribution in [2.24, 2.45) is 0 Å². The summed E-state index contributed by atoms with van der Waals surface area (Å²) < 4.78 is 0. The Balaban J connectivity index is 2.59. The van der Waals surface area contributed by atoms with E-state index < -0.39 is 0 Å². The minimum Gasteiger partial charge on any atom is -0.340 e. The van der Waals surface area contributed by atoms with Crippen LogP contribution in [0.3, 0.4) is 0 Å². The van der Waals surface area contributed by atoms with Gasteiger partial charge in [0.2, 0.25) is 5.91 Å². The highest BCUT2D eigenvalue weighted by atomic mass is 16.2. The van der Waals surface area contributed by atoms with Crippen molar-refractivity contribution in [3.05, 3.63) is 0 Å². The highest BCUT2D eigenvalue weighted by Crippen LogP contribution is 2.20. The van der Waals surface area contributed by atoms with Crippen molar-refractivity contribution in [3.63, 3.8) is 0 Å². The Morgan fingerprint density at radius 3 is 2.33 bits per heavy atom. The average Bonchev–Trinajstić information content (AvgIpc) is 2.14. The summed E-state index contributed by atoms with van der Waals surface area (Å²) >= 11 is 0.